The molecule has 2 aliphatic heterocycles. The third-order valence-electron chi connectivity index (χ3n) is 5.45. The largest absolute Gasteiger partial charge is 0.480 e. The zero-order valence-electron chi connectivity index (χ0n) is 16.9. The molecule has 1 aromatic carbocycles. The molecule has 2 atom stereocenters. The maximum atomic E-state index is 13.0. The Bertz CT molecular complexity index is 792. The first-order valence-electron chi connectivity index (χ1n) is 10.2. The fraction of sp³-hybridized carbons (Fsp3) is 0.500. The average Bonchev–Trinajstić information content (AvgIpc) is 2.75. The minimum Gasteiger partial charge on any atom is -0.480 e. The Balaban J connectivity index is 1.50. The number of aryl methyl sites for hydroxylation is 2. The summed E-state index contributed by atoms with van der Waals surface area (Å²) in [6.07, 6.45) is 3.73. The van der Waals surface area contributed by atoms with Crippen LogP contribution in [0, 0.1) is 12.8 Å². The van der Waals surface area contributed by atoms with E-state index in [-0.39, 0.29) is 23.6 Å². The molecule has 7 heteroatoms. The second-order valence-corrected chi connectivity index (χ2v) is 7.67. The van der Waals surface area contributed by atoms with E-state index in [2.05, 4.69) is 23.3 Å². The molecule has 0 radical (unpaired) electrons. The van der Waals surface area contributed by atoms with Crippen LogP contribution in [-0.4, -0.2) is 54.9 Å². The molecule has 2 aliphatic rings. The summed E-state index contributed by atoms with van der Waals surface area (Å²) < 4.78 is 5.97. The van der Waals surface area contributed by atoms with E-state index in [4.69, 9.17) is 4.74 Å². The van der Waals surface area contributed by atoms with Crippen molar-refractivity contribution < 1.29 is 19.1 Å². The van der Waals surface area contributed by atoms with E-state index in [0.717, 1.165) is 30.6 Å². The van der Waals surface area contributed by atoms with Gasteiger partial charge in [-0.1, -0.05) is 24.3 Å². The van der Waals surface area contributed by atoms with Crippen LogP contribution in [0.1, 0.15) is 30.4 Å². The number of carbonyl (C=O) groups is 3. The first kappa shape index (κ1) is 20.9. The minimum atomic E-state index is -0.485. The van der Waals surface area contributed by atoms with Crippen molar-refractivity contribution in [2.45, 2.75) is 38.7 Å². The summed E-state index contributed by atoms with van der Waals surface area (Å²) >= 11 is 0. The lowest BCUT2D eigenvalue weighted by atomic mass is 9.95. The molecule has 156 valence electrons. The van der Waals surface area contributed by atoms with E-state index in [9.17, 15) is 14.4 Å². The highest BCUT2D eigenvalue weighted by Crippen LogP contribution is 2.29. The number of fused-ring (bicyclic) bond motifs is 1. The number of hydrogen-bond donors (Lipinski definition) is 2. The number of rotatable bonds is 6. The van der Waals surface area contributed by atoms with Gasteiger partial charge < -0.3 is 20.3 Å². The number of piperidine rings is 1. The molecular formula is C22H29N3O4. The Morgan fingerprint density at radius 1 is 1.24 bits per heavy atom. The zero-order valence-corrected chi connectivity index (χ0v) is 16.9. The first-order chi connectivity index (χ1) is 14.0. The van der Waals surface area contributed by atoms with E-state index in [0.29, 0.717) is 32.6 Å². The Labute approximate surface area is 171 Å². The highest BCUT2D eigenvalue weighted by molar-refractivity contribution is 5.87. The van der Waals surface area contributed by atoms with Gasteiger partial charge in [-0.05, 0) is 50.3 Å². The highest BCUT2D eigenvalue weighted by Gasteiger charge is 2.34. The van der Waals surface area contributed by atoms with Crippen molar-refractivity contribution in [3.8, 4) is 5.75 Å². The second kappa shape index (κ2) is 9.58. The van der Waals surface area contributed by atoms with Gasteiger partial charge in [0.15, 0.2) is 6.10 Å². The Hall–Kier alpha value is -2.83. The normalized spacial score (nSPS) is 20.8. The predicted molar refractivity (Wildman–Crippen MR) is 109 cm³/mol. The third-order valence-corrected chi connectivity index (χ3v) is 5.45. The fourth-order valence-corrected chi connectivity index (χ4v) is 3.87. The number of likely N-dealkylation sites (tertiary alicyclic amines) is 1. The lowest BCUT2D eigenvalue weighted by Gasteiger charge is -2.35. The number of carbonyl (C=O) groups excluding carboxylic acids is 3. The molecule has 3 rings (SSSR count). The van der Waals surface area contributed by atoms with Gasteiger partial charge in [0.1, 0.15) is 5.75 Å². The lowest BCUT2D eigenvalue weighted by molar-refractivity contribution is -0.142. The topological polar surface area (TPSA) is 87.7 Å². The van der Waals surface area contributed by atoms with Crippen LogP contribution < -0.4 is 15.4 Å². The number of nitrogens with zero attached hydrogens (tertiary/aromatic N) is 1. The summed E-state index contributed by atoms with van der Waals surface area (Å²) in [4.78, 5) is 38.3. The van der Waals surface area contributed by atoms with E-state index < -0.39 is 6.10 Å². The van der Waals surface area contributed by atoms with Gasteiger partial charge in [0, 0.05) is 26.2 Å². The molecule has 7 nitrogen and oxygen atoms in total. The standard InChI is InChI=1S/C22H29N3O4/c1-3-20(26)23-10-11-24-21(27)17-5-4-12-25(14-17)22(28)19-9-7-16-13-15(2)6-8-18(16)29-19/h3,6,8,13,17,19H,1,4-5,7,9-12,14H2,2H3,(H,23,26)(H,24,27). The quantitative estimate of drug-likeness (QED) is 0.558. The van der Waals surface area contributed by atoms with Crippen LogP contribution >= 0.6 is 0 Å². The molecule has 1 aromatic rings. The van der Waals surface area contributed by atoms with Crippen LogP contribution in [0.5, 0.6) is 5.75 Å². The molecule has 0 bridgehead atoms. The van der Waals surface area contributed by atoms with Crippen molar-refractivity contribution in [1.82, 2.24) is 15.5 Å². The SMILES string of the molecule is C=CC(=O)NCCNC(=O)C1CCCN(C(=O)C2CCc3cc(C)ccc3O2)C1. The van der Waals surface area contributed by atoms with Crippen molar-refractivity contribution >= 4 is 17.7 Å². The van der Waals surface area contributed by atoms with Crippen molar-refractivity contribution in [1.29, 1.82) is 0 Å². The predicted octanol–water partition coefficient (Wildman–Crippen LogP) is 1.35. The summed E-state index contributed by atoms with van der Waals surface area (Å²) in [7, 11) is 0. The summed E-state index contributed by atoms with van der Waals surface area (Å²) in [5, 5.41) is 5.45. The molecule has 1 fully saturated rings. The number of ether oxygens (including phenoxy) is 1. The van der Waals surface area contributed by atoms with E-state index >= 15 is 0 Å². The molecule has 0 aliphatic carbocycles. The smallest absolute Gasteiger partial charge is 0.263 e. The Morgan fingerprint density at radius 2 is 2.03 bits per heavy atom. The van der Waals surface area contributed by atoms with Crippen molar-refractivity contribution in [2.75, 3.05) is 26.2 Å². The average molecular weight is 399 g/mol. The zero-order chi connectivity index (χ0) is 20.8. The Morgan fingerprint density at radius 3 is 2.83 bits per heavy atom. The molecule has 1 saturated heterocycles. The molecule has 0 saturated carbocycles. The minimum absolute atomic E-state index is 0.0352. The molecule has 0 spiro atoms. The molecule has 0 aromatic heterocycles. The molecule has 29 heavy (non-hydrogen) atoms. The Kier molecular flexibility index (Phi) is 6.90. The summed E-state index contributed by atoms with van der Waals surface area (Å²) in [5.41, 5.74) is 2.33. The van der Waals surface area contributed by atoms with Gasteiger partial charge in [-0.3, -0.25) is 14.4 Å². The number of hydrogen-bond acceptors (Lipinski definition) is 4. The molecule has 2 heterocycles. The van der Waals surface area contributed by atoms with Crippen LogP contribution in [0.25, 0.3) is 0 Å². The van der Waals surface area contributed by atoms with Crippen LogP contribution in [-0.2, 0) is 20.8 Å². The number of benzene rings is 1. The van der Waals surface area contributed by atoms with E-state index in [1.54, 1.807) is 4.90 Å². The maximum absolute atomic E-state index is 13.0. The summed E-state index contributed by atoms with van der Waals surface area (Å²) in [5.74, 6) is 0.167. The third kappa shape index (κ3) is 5.37. The summed E-state index contributed by atoms with van der Waals surface area (Å²) in [6, 6.07) is 6.03. The fourth-order valence-electron chi connectivity index (χ4n) is 3.87. The maximum Gasteiger partial charge on any atom is 0.263 e. The molecular weight excluding hydrogens is 370 g/mol. The first-order valence-corrected chi connectivity index (χ1v) is 10.2. The number of amides is 3. The lowest BCUT2D eigenvalue weighted by Crippen LogP contribution is -2.50. The van der Waals surface area contributed by atoms with Crippen molar-refractivity contribution in [3.05, 3.63) is 42.0 Å². The van der Waals surface area contributed by atoms with Gasteiger partial charge in [-0.25, -0.2) is 0 Å². The highest BCUT2D eigenvalue weighted by atomic mass is 16.5. The van der Waals surface area contributed by atoms with E-state index in [1.807, 2.05) is 19.1 Å². The second-order valence-electron chi connectivity index (χ2n) is 7.67. The molecule has 2 unspecified atom stereocenters. The van der Waals surface area contributed by atoms with Gasteiger partial charge in [-0.2, -0.15) is 0 Å². The summed E-state index contributed by atoms with van der Waals surface area (Å²) in [6.45, 7) is 7.18. The van der Waals surface area contributed by atoms with Crippen LogP contribution in [0.2, 0.25) is 0 Å². The molecule has 2 N–H and O–H groups in total. The molecule has 3 amide bonds. The van der Waals surface area contributed by atoms with Crippen molar-refractivity contribution in [3.63, 3.8) is 0 Å². The van der Waals surface area contributed by atoms with Crippen LogP contribution in [0.4, 0.5) is 0 Å². The van der Waals surface area contributed by atoms with Gasteiger partial charge in [0.2, 0.25) is 11.8 Å². The van der Waals surface area contributed by atoms with Crippen LogP contribution in [0.15, 0.2) is 30.9 Å². The van der Waals surface area contributed by atoms with E-state index in [1.165, 1.54) is 11.6 Å². The monoisotopic (exact) mass is 399 g/mol. The van der Waals surface area contributed by atoms with Gasteiger partial charge >= 0.3 is 0 Å². The van der Waals surface area contributed by atoms with Gasteiger partial charge in [0.05, 0.1) is 5.92 Å². The van der Waals surface area contributed by atoms with Crippen molar-refractivity contribution in [2.24, 2.45) is 5.92 Å². The van der Waals surface area contributed by atoms with Gasteiger partial charge in [-0.15, -0.1) is 0 Å². The van der Waals surface area contributed by atoms with Crippen LogP contribution in [0.3, 0.4) is 0 Å². The number of nitrogens with one attached hydrogen (secondary N) is 2. The van der Waals surface area contributed by atoms with Gasteiger partial charge in [0.25, 0.3) is 5.91 Å².